The van der Waals surface area contributed by atoms with Crippen LogP contribution < -0.4 is 19.7 Å². The first-order valence-electron chi connectivity index (χ1n) is 9.77. The molecule has 1 atom stereocenters. The average Bonchev–Trinajstić information content (AvgIpc) is 2.77. The zero-order chi connectivity index (χ0) is 19.2. The highest BCUT2D eigenvalue weighted by Gasteiger charge is 2.23. The number of ether oxygens (including phenoxy) is 2. The number of piperazine rings is 1. The van der Waals surface area contributed by atoms with Gasteiger partial charge in [-0.25, -0.2) is 15.0 Å². The Morgan fingerprint density at radius 2 is 1.83 bits per heavy atom. The van der Waals surface area contributed by atoms with E-state index in [-0.39, 0.29) is 30.1 Å². The Balaban J connectivity index is 0.00000240. The average molecular weight is 510 g/mol. The minimum absolute atomic E-state index is 0. The third kappa shape index (κ3) is 5.40. The van der Waals surface area contributed by atoms with Crippen LogP contribution in [0, 0.1) is 0 Å². The van der Waals surface area contributed by atoms with Gasteiger partial charge in [0.25, 0.3) is 0 Å². The van der Waals surface area contributed by atoms with E-state index in [4.69, 9.17) is 14.5 Å². The van der Waals surface area contributed by atoms with E-state index in [0.717, 1.165) is 56.1 Å². The first kappa shape index (κ1) is 21.4. The Labute approximate surface area is 188 Å². The number of aromatic nitrogens is 2. The number of benzene rings is 1. The van der Waals surface area contributed by atoms with Crippen molar-refractivity contribution in [3.05, 3.63) is 42.7 Å². The lowest BCUT2D eigenvalue weighted by atomic mass is 10.2. The molecule has 1 aromatic carbocycles. The van der Waals surface area contributed by atoms with Crippen molar-refractivity contribution in [2.45, 2.75) is 13.0 Å². The third-order valence-corrected chi connectivity index (χ3v) is 4.76. The molecule has 2 aromatic rings. The number of para-hydroxylation sites is 2. The summed E-state index contributed by atoms with van der Waals surface area (Å²) < 4.78 is 11.8. The summed E-state index contributed by atoms with van der Waals surface area (Å²) in [4.78, 5) is 18.0. The molecule has 2 aliphatic rings. The van der Waals surface area contributed by atoms with Crippen molar-refractivity contribution >= 4 is 35.9 Å². The lowest BCUT2D eigenvalue weighted by Crippen LogP contribution is -2.53. The van der Waals surface area contributed by atoms with Gasteiger partial charge in [-0.1, -0.05) is 12.1 Å². The number of hydrogen-bond donors (Lipinski definition) is 1. The molecule has 1 N–H and O–H groups in total. The number of hydrogen-bond acceptors (Lipinski definition) is 6. The van der Waals surface area contributed by atoms with Crippen LogP contribution in [0.15, 0.2) is 47.7 Å². The van der Waals surface area contributed by atoms with Gasteiger partial charge in [0.2, 0.25) is 5.95 Å². The van der Waals surface area contributed by atoms with Gasteiger partial charge in [-0.2, -0.15) is 0 Å². The molecule has 3 heterocycles. The van der Waals surface area contributed by atoms with E-state index in [1.165, 1.54) is 0 Å². The molecular formula is C20H27IN6O2. The standard InChI is InChI=1S/C20H26N6O2.HI/c1-2-21-19(24-14-16-15-27-17-6-3-4-7-18(17)28-16)25-10-12-26(13-11-25)20-22-8-5-9-23-20;/h3-9,16H,2,10-15H2,1H3,(H,21,24);1H. The van der Waals surface area contributed by atoms with Crippen LogP contribution in [0.3, 0.4) is 0 Å². The van der Waals surface area contributed by atoms with E-state index in [2.05, 4.69) is 32.0 Å². The normalized spacial score (nSPS) is 18.8. The summed E-state index contributed by atoms with van der Waals surface area (Å²) in [5.41, 5.74) is 0. The second kappa shape index (κ2) is 10.5. The number of nitrogens with one attached hydrogen (secondary N) is 1. The van der Waals surface area contributed by atoms with Gasteiger partial charge >= 0.3 is 0 Å². The van der Waals surface area contributed by atoms with Gasteiger partial charge in [-0.05, 0) is 25.1 Å². The van der Waals surface area contributed by atoms with Gasteiger partial charge in [0.05, 0.1) is 6.54 Å². The second-order valence-electron chi connectivity index (χ2n) is 6.72. The molecule has 0 saturated carbocycles. The van der Waals surface area contributed by atoms with Crippen molar-refractivity contribution in [2.75, 3.05) is 50.8 Å². The Morgan fingerprint density at radius 1 is 1.10 bits per heavy atom. The first-order valence-corrected chi connectivity index (χ1v) is 9.77. The summed E-state index contributed by atoms with van der Waals surface area (Å²) in [5.74, 6) is 3.29. The number of guanidine groups is 1. The van der Waals surface area contributed by atoms with Crippen molar-refractivity contribution in [1.29, 1.82) is 0 Å². The monoisotopic (exact) mass is 510 g/mol. The maximum Gasteiger partial charge on any atom is 0.225 e. The number of aliphatic imine (C=N–C) groups is 1. The predicted octanol–water partition coefficient (Wildman–Crippen LogP) is 2.02. The highest BCUT2D eigenvalue weighted by atomic mass is 127. The summed E-state index contributed by atoms with van der Waals surface area (Å²) >= 11 is 0. The molecule has 0 bridgehead atoms. The fourth-order valence-electron chi connectivity index (χ4n) is 3.34. The molecule has 0 radical (unpaired) electrons. The van der Waals surface area contributed by atoms with Crippen molar-refractivity contribution in [3.8, 4) is 11.5 Å². The maximum atomic E-state index is 6.02. The minimum atomic E-state index is -0.0810. The molecule has 1 unspecified atom stereocenters. The Morgan fingerprint density at radius 3 is 2.55 bits per heavy atom. The largest absolute Gasteiger partial charge is 0.486 e. The van der Waals surface area contributed by atoms with E-state index in [1.807, 2.05) is 30.3 Å². The van der Waals surface area contributed by atoms with E-state index in [0.29, 0.717) is 13.2 Å². The lowest BCUT2D eigenvalue weighted by Gasteiger charge is -2.36. The van der Waals surface area contributed by atoms with Crippen LogP contribution in [-0.4, -0.2) is 72.8 Å². The Kier molecular flexibility index (Phi) is 7.73. The second-order valence-corrected chi connectivity index (χ2v) is 6.72. The number of nitrogens with zero attached hydrogens (tertiary/aromatic N) is 5. The van der Waals surface area contributed by atoms with E-state index in [9.17, 15) is 0 Å². The van der Waals surface area contributed by atoms with Crippen molar-refractivity contribution < 1.29 is 9.47 Å². The fourth-order valence-corrected chi connectivity index (χ4v) is 3.34. The topological polar surface area (TPSA) is 75.1 Å². The quantitative estimate of drug-likeness (QED) is 0.384. The van der Waals surface area contributed by atoms with E-state index in [1.54, 1.807) is 12.4 Å². The fraction of sp³-hybridized carbons (Fsp3) is 0.450. The molecule has 2 aliphatic heterocycles. The van der Waals surface area contributed by atoms with Crippen molar-refractivity contribution in [2.24, 2.45) is 4.99 Å². The molecular weight excluding hydrogens is 483 g/mol. The molecule has 29 heavy (non-hydrogen) atoms. The molecule has 8 nitrogen and oxygen atoms in total. The smallest absolute Gasteiger partial charge is 0.225 e. The summed E-state index contributed by atoms with van der Waals surface area (Å²) in [6.45, 7) is 7.45. The van der Waals surface area contributed by atoms with Crippen molar-refractivity contribution in [3.63, 3.8) is 0 Å². The highest BCUT2D eigenvalue weighted by Crippen LogP contribution is 2.30. The zero-order valence-corrected chi connectivity index (χ0v) is 18.9. The molecule has 0 spiro atoms. The first-order chi connectivity index (χ1) is 13.8. The number of anilines is 1. The Hall–Kier alpha value is -2.30. The number of rotatable bonds is 4. The molecule has 1 fully saturated rings. The van der Waals surface area contributed by atoms with Crippen LogP contribution in [-0.2, 0) is 0 Å². The number of halogens is 1. The van der Waals surface area contributed by atoms with Gasteiger partial charge in [-0.3, -0.25) is 0 Å². The van der Waals surface area contributed by atoms with Gasteiger partial charge in [0.15, 0.2) is 23.6 Å². The summed E-state index contributed by atoms with van der Waals surface area (Å²) in [6.07, 6.45) is 3.48. The summed E-state index contributed by atoms with van der Waals surface area (Å²) in [6, 6.07) is 9.60. The van der Waals surface area contributed by atoms with Gasteiger partial charge in [0.1, 0.15) is 6.61 Å². The zero-order valence-electron chi connectivity index (χ0n) is 16.5. The highest BCUT2D eigenvalue weighted by molar-refractivity contribution is 14.0. The summed E-state index contributed by atoms with van der Waals surface area (Å²) in [5, 5.41) is 3.40. The van der Waals surface area contributed by atoms with Crippen LogP contribution in [0.4, 0.5) is 5.95 Å². The molecule has 156 valence electrons. The molecule has 0 aliphatic carbocycles. The summed E-state index contributed by atoms with van der Waals surface area (Å²) in [7, 11) is 0. The molecule has 9 heteroatoms. The van der Waals surface area contributed by atoms with E-state index >= 15 is 0 Å². The van der Waals surface area contributed by atoms with Gasteiger partial charge < -0.3 is 24.6 Å². The van der Waals surface area contributed by atoms with Crippen LogP contribution in [0.2, 0.25) is 0 Å². The van der Waals surface area contributed by atoms with Crippen LogP contribution in [0.5, 0.6) is 11.5 Å². The predicted molar refractivity (Wildman–Crippen MR) is 124 cm³/mol. The number of fused-ring (bicyclic) bond motifs is 1. The molecule has 4 rings (SSSR count). The minimum Gasteiger partial charge on any atom is -0.486 e. The molecule has 1 saturated heterocycles. The van der Waals surface area contributed by atoms with Crippen LogP contribution >= 0.6 is 24.0 Å². The maximum absolute atomic E-state index is 6.02. The van der Waals surface area contributed by atoms with Crippen LogP contribution in [0.25, 0.3) is 0 Å². The van der Waals surface area contributed by atoms with E-state index < -0.39 is 0 Å². The van der Waals surface area contributed by atoms with Crippen LogP contribution in [0.1, 0.15) is 6.92 Å². The third-order valence-electron chi connectivity index (χ3n) is 4.76. The van der Waals surface area contributed by atoms with Crippen molar-refractivity contribution in [1.82, 2.24) is 20.2 Å². The Bertz CT molecular complexity index is 799. The van der Waals surface area contributed by atoms with Gasteiger partial charge in [-0.15, -0.1) is 24.0 Å². The van der Waals surface area contributed by atoms with Gasteiger partial charge in [0, 0.05) is 45.1 Å². The SMILES string of the molecule is CCNC(=NCC1COc2ccccc2O1)N1CCN(c2ncccn2)CC1.I. The molecule has 0 amide bonds. The molecule has 1 aromatic heterocycles. The lowest BCUT2D eigenvalue weighted by molar-refractivity contribution is 0.0969.